The SMILES string of the molecule is CCc1ccc(Cl)c(CC)c1NC(=O)c1sc(C(C)C)nc1C. The lowest BCUT2D eigenvalue weighted by molar-refractivity contribution is 0.102. The van der Waals surface area contributed by atoms with Crippen molar-refractivity contribution in [3.8, 4) is 0 Å². The maximum atomic E-state index is 12.7. The average molecular weight is 351 g/mol. The van der Waals surface area contributed by atoms with E-state index in [4.69, 9.17) is 11.6 Å². The van der Waals surface area contributed by atoms with Crippen molar-refractivity contribution in [1.82, 2.24) is 4.98 Å². The number of thiazole rings is 1. The highest BCUT2D eigenvalue weighted by Crippen LogP contribution is 2.31. The Morgan fingerprint density at radius 1 is 1.30 bits per heavy atom. The van der Waals surface area contributed by atoms with E-state index in [1.165, 1.54) is 11.3 Å². The zero-order valence-electron chi connectivity index (χ0n) is 14.3. The Hall–Kier alpha value is -1.39. The first-order chi connectivity index (χ1) is 10.9. The highest BCUT2D eigenvalue weighted by molar-refractivity contribution is 7.14. The molecule has 1 N–H and O–H groups in total. The number of carbonyl (C=O) groups excluding carboxylic acids is 1. The molecular formula is C18H23ClN2OS. The molecule has 0 radical (unpaired) electrons. The number of halogens is 1. The van der Waals surface area contributed by atoms with E-state index >= 15 is 0 Å². The summed E-state index contributed by atoms with van der Waals surface area (Å²) in [7, 11) is 0. The van der Waals surface area contributed by atoms with Gasteiger partial charge in [0.1, 0.15) is 4.88 Å². The molecule has 0 aliphatic heterocycles. The van der Waals surface area contributed by atoms with E-state index in [0.717, 1.165) is 40.4 Å². The molecule has 2 aromatic rings. The second-order valence-corrected chi connectivity index (χ2v) is 7.28. The number of hydrogen-bond acceptors (Lipinski definition) is 3. The molecule has 0 atom stereocenters. The number of nitrogens with zero attached hydrogens (tertiary/aromatic N) is 1. The van der Waals surface area contributed by atoms with Gasteiger partial charge >= 0.3 is 0 Å². The first-order valence-electron chi connectivity index (χ1n) is 7.97. The van der Waals surface area contributed by atoms with Crippen LogP contribution in [0.5, 0.6) is 0 Å². The van der Waals surface area contributed by atoms with Gasteiger partial charge in [0.25, 0.3) is 5.91 Å². The van der Waals surface area contributed by atoms with Crippen LogP contribution in [0.25, 0.3) is 0 Å². The fraction of sp³-hybridized carbons (Fsp3) is 0.444. The van der Waals surface area contributed by atoms with Gasteiger partial charge in [-0.2, -0.15) is 0 Å². The molecule has 1 aromatic heterocycles. The van der Waals surface area contributed by atoms with Crippen LogP contribution in [0.2, 0.25) is 5.02 Å². The fourth-order valence-electron chi connectivity index (χ4n) is 2.51. The van der Waals surface area contributed by atoms with Crippen molar-refractivity contribution in [2.75, 3.05) is 5.32 Å². The Labute approximate surface area is 147 Å². The van der Waals surface area contributed by atoms with Crippen molar-refractivity contribution in [2.45, 2.75) is 53.4 Å². The number of nitrogens with one attached hydrogen (secondary N) is 1. The first-order valence-corrected chi connectivity index (χ1v) is 9.17. The zero-order valence-corrected chi connectivity index (χ0v) is 15.9. The van der Waals surface area contributed by atoms with E-state index in [-0.39, 0.29) is 5.91 Å². The molecule has 23 heavy (non-hydrogen) atoms. The number of anilines is 1. The highest BCUT2D eigenvalue weighted by atomic mass is 35.5. The summed E-state index contributed by atoms with van der Waals surface area (Å²) in [5.74, 6) is 0.224. The molecule has 124 valence electrons. The Bertz CT molecular complexity index is 722. The van der Waals surface area contributed by atoms with Crippen LogP contribution in [0.15, 0.2) is 12.1 Å². The predicted molar refractivity (Wildman–Crippen MR) is 99.1 cm³/mol. The summed E-state index contributed by atoms with van der Waals surface area (Å²) in [5.41, 5.74) is 3.73. The summed E-state index contributed by atoms with van der Waals surface area (Å²) in [6.07, 6.45) is 1.62. The molecule has 0 saturated heterocycles. The molecule has 1 heterocycles. The standard InChI is InChI=1S/C18H23ClN2OS/c1-6-12-8-9-14(19)13(7-2)15(12)21-17(22)16-11(5)20-18(23-16)10(3)4/h8-10H,6-7H2,1-5H3,(H,21,22). The third kappa shape index (κ3) is 3.75. The molecule has 0 aliphatic carbocycles. The maximum Gasteiger partial charge on any atom is 0.267 e. The molecule has 0 unspecified atom stereocenters. The van der Waals surface area contributed by atoms with E-state index in [1.54, 1.807) is 0 Å². The minimum Gasteiger partial charge on any atom is -0.321 e. The van der Waals surface area contributed by atoms with Crippen LogP contribution in [0.4, 0.5) is 5.69 Å². The molecule has 0 bridgehead atoms. The smallest absolute Gasteiger partial charge is 0.267 e. The van der Waals surface area contributed by atoms with Crippen LogP contribution >= 0.6 is 22.9 Å². The number of aromatic nitrogens is 1. The monoisotopic (exact) mass is 350 g/mol. The quantitative estimate of drug-likeness (QED) is 0.761. The molecule has 5 heteroatoms. The average Bonchev–Trinajstić information content (AvgIpc) is 2.90. The van der Waals surface area contributed by atoms with Crippen LogP contribution < -0.4 is 5.32 Å². The van der Waals surface area contributed by atoms with E-state index in [2.05, 4.69) is 31.1 Å². The van der Waals surface area contributed by atoms with Crippen molar-refractivity contribution < 1.29 is 4.79 Å². The molecule has 2 rings (SSSR count). The second kappa shape index (κ2) is 7.45. The second-order valence-electron chi connectivity index (χ2n) is 5.84. The minimum absolute atomic E-state index is 0.0985. The molecule has 0 saturated carbocycles. The third-order valence-corrected chi connectivity index (χ3v) is 5.64. The number of hydrogen-bond donors (Lipinski definition) is 1. The Balaban J connectivity index is 2.39. The number of carbonyl (C=O) groups is 1. The van der Waals surface area contributed by atoms with Gasteiger partial charge in [0.2, 0.25) is 0 Å². The molecule has 1 aromatic carbocycles. The lowest BCUT2D eigenvalue weighted by atomic mass is 10.0. The van der Waals surface area contributed by atoms with E-state index in [9.17, 15) is 4.79 Å². The lowest BCUT2D eigenvalue weighted by Gasteiger charge is -2.15. The van der Waals surface area contributed by atoms with Gasteiger partial charge in [-0.25, -0.2) is 4.98 Å². The van der Waals surface area contributed by atoms with Crippen LogP contribution in [0.1, 0.15) is 65.1 Å². The number of rotatable bonds is 5. The van der Waals surface area contributed by atoms with Crippen LogP contribution in [0.3, 0.4) is 0 Å². The van der Waals surface area contributed by atoms with Gasteiger partial charge in [-0.15, -0.1) is 11.3 Å². The van der Waals surface area contributed by atoms with Crippen LogP contribution in [-0.2, 0) is 12.8 Å². The molecule has 0 aliphatic rings. The first kappa shape index (κ1) is 18.0. The highest BCUT2D eigenvalue weighted by Gasteiger charge is 2.19. The Morgan fingerprint density at radius 2 is 2.00 bits per heavy atom. The summed E-state index contributed by atoms with van der Waals surface area (Å²) in [5, 5.41) is 4.77. The lowest BCUT2D eigenvalue weighted by Crippen LogP contribution is -2.15. The minimum atomic E-state index is -0.0985. The van der Waals surface area contributed by atoms with Gasteiger partial charge in [0, 0.05) is 16.6 Å². The molecule has 1 amide bonds. The normalized spacial score (nSPS) is 11.1. The molecular weight excluding hydrogens is 328 g/mol. The summed E-state index contributed by atoms with van der Waals surface area (Å²) in [4.78, 5) is 17.9. The summed E-state index contributed by atoms with van der Waals surface area (Å²) >= 11 is 7.77. The largest absolute Gasteiger partial charge is 0.321 e. The van der Waals surface area contributed by atoms with Gasteiger partial charge in [-0.3, -0.25) is 4.79 Å². The van der Waals surface area contributed by atoms with E-state index in [1.807, 2.05) is 26.0 Å². The summed E-state index contributed by atoms with van der Waals surface area (Å²) in [6.45, 7) is 10.2. The summed E-state index contributed by atoms with van der Waals surface area (Å²) < 4.78 is 0. The van der Waals surface area contributed by atoms with Gasteiger partial charge < -0.3 is 5.32 Å². The topological polar surface area (TPSA) is 42.0 Å². The third-order valence-electron chi connectivity index (χ3n) is 3.83. The molecule has 3 nitrogen and oxygen atoms in total. The van der Waals surface area contributed by atoms with Gasteiger partial charge in [-0.05, 0) is 37.0 Å². The van der Waals surface area contributed by atoms with Crippen molar-refractivity contribution in [1.29, 1.82) is 0 Å². The van der Waals surface area contributed by atoms with Crippen LogP contribution in [-0.4, -0.2) is 10.9 Å². The summed E-state index contributed by atoms with van der Waals surface area (Å²) in [6, 6.07) is 3.89. The molecule has 0 fully saturated rings. The van der Waals surface area contributed by atoms with Gasteiger partial charge in [0.05, 0.1) is 10.7 Å². The van der Waals surface area contributed by atoms with E-state index in [0.29, 0.717) is 15.8 Å². The fourth-order valence-corrected chi connectivity index (χ4v) is 3.77. The maximum absolute atomic E-state index is 12.7. The predicted octanol–water partition coefficient (Wildman–Crippen LogP) is 5.61. The number of aryl methyl sites for hydroxylation is 2. The Morgan fingerprint density at radius 3 is 2.52 bits per heavy atom. The number of amides is 1. The van der Waals surface area contributed by atoms with Gasteiger partial charge in [-0.1, -0.05) is 45.4 Å². The van der Waals surface area contributed by atoms with Gasteiger partial charge in [0.15, 0.2) is 0 Å². The Kier molecular flexibility index (Phi) is 5.82. The van der Waals surface area contributed by atoms with Crippen molar-refractivity contribution >= 4 is 34.5 Å². The van der Waals surface area contributed by atoms with E-state index < -0.39 is 0 Å². The van der Waals surface area contributed by atoms with Crippen molar-refractivity contribution in [3.05, 3.63) is 43.9 Å². The zero-order chi connectivity index (χ0) is 17.1. The molecule has 0 spiro atoms. The van der Waals surface area contributed by atoms with Crippen molar-refractivity contribution in [3.63, 3.8) is 0 Å². The number of benzene rings is 1. The van der Waals surface area contributed by atoms with Crippen molar-refractivity contribution in [2.24, 2.45) is 0 Å². The van der Waals surface area contributed by atoms with Crippen LogP contribution in [0, 0.1) is 6.92 Å².